The number of anilines is 4. The second kappa shape index (κ2) is 12.8. The van der Waals surface area contributed by atoms with E-state index >= 15 is 0 Å². The molecule has 4 N–H and O–H groups in total. The fraction of sp³-hybridized carbons (Fsp3) is 0.133. The smallest absolute Gasteiger partial charge is 0.337 e. The molecule has 0 aliphatic rings. The van der Waals surface area contributed by atoms with Crippen LogP contribution in [0.1, 0.15) is 33.6 Å². The van der Waals surface area contributed by atoms with E-state index in [0.29, 0.717) is 24.6 Å². The molecule has 0 aliphatic heterocycles. The van der Waals surface area contributed by atoms with E-state index in [1.165, 1.54) is 0 Å². The predicted octanol–water partition coefficient (Wildman–Crippen LogP) is 6.81. The molecule has 0 heterocycles. The van der Waals surface area contributed by atoms with E-state index in [1.807, 2.05) is 48.5 Å². The van der Waals surface area contributed by atoms with Crippen molar-refractivity contribution >= 4 is 34.7 Å². The lowest BCUT2D eigenvalue weighted by molar-refractivity contribution is 0.0687. The minimum atomic E-state index is -0.981. The van der Waals surface area contributed by atoms with Crippen molar-refractivity contribution in [2.75, 3.05) is 23.8 Å². The zero-order valence-corrected chi connectivity index (χ0v) is 20.6. The molecule has 38 heavy (non-hydrogen) atoms. The number of nitrogens with one attached hydrogen (secondary N) is 2. The van der Waals surface area contributed by atoms with E-state index < -0.39 is 11.9 Å². The highest BCUT2D eigenvalue weighted by Gasteiger charge is 2.10. The van der Waals surface area contributed by atoms with Gasteiger partial charge in [0.2, 0.25) is 0 Å². The molecule has 0 saturated carbocycles. The summed E-state index contributed by atoms with van der Waals surface area (Å²) >= 11 is 0. The Kier molecular flexibility index (Phi) is 8.80. The Balaban J connectivity index is 1.16. The number of aromatic carboxylic acids is 2. The number of benzene rings is 4. The number of carboxylic acids is 2. The highest BCUT2D eigenvalue weighted by atomic mass is 16.5. The molecule has 0 atom stereocenters. The van der Waals surface area contributed by atoms with Crippen molar-refractivity contribution in [1.82, 2.24) is 0 Å². The van der Waals surface area contributed by atoms with Crippen LogP contribution in [0.15, 0.2) is 97.1 Å². The van der Waals surface area contributed by atoms with E-state index in [2.05, 4.69) is 10.6 Å². The standard InChI is InChI=1S/C30H28N2O6/c33-29(34)25-7-1-3-9-27(25)31-21-11-15-23(16-12-21)37-19-5-6-20-38-24-17-13-22(14-18-24)32-28-10-4-2-8-26(28)30(35)36/h1-4,7-18,31-32H,5-6,19-20H2,(H,33,34)(H,35,36). The van der Waals surface area contributed by atoms with Gasteiger partial charge in [0, 0.05) is 11.4 Å². The Bertz CT molecular complexity index is 1260. The minimum Gasteiger partial charge on any atom is -0.494 e. The molecule has 4 aromatic rings. The first-order valence-electron chi connectivity index (χ1n) is 12.1. The van der Waals surface area contributed by atoms with E-state index in [1.54, 1.807) is 48.5 Å². The normalized spacial score (nSPS) is 10.4. The van der Waals surface area contributed by atoms with Crippen LogP contribution >= 0.6 is 0 Å². The van der Waals surface area contributed by atoms with Gasteiger partial charge in [-0.05, 0) is 85.6 Å². The Labute approximate surface area is 220 Å². The molecule has 0 fully saturated rings. The molecule has 0 amide bonds. The molecular weight excluding hydrogens is 484 g/mol. The van der Waals surface area contributed by atoms with Crippen LogP contribution in [0.3, 0.4) is 0 Å². The molecule has 0 aliphatic carbocycles. The Hall–Kier alpha value is -4.98. The summed E-state index contributed by atoms with van der Waals surface area (Å²) in [6.07, 6.45) is 1.63. The van der Waals surface area contributed by atoms with Gasteiger partial charge in [-0.2, -0.15) is 0 Å². The quantitative estimate of drug-likeness (QED) is 0.144. The van der Waals surface area contributed by atoms with Crippen LogP contribution in [-0.4, -0.2) is 35.4 Å². The topological polar surface area (TPSA) is 117 Å². The monoisotopic (exact) mass is 512 g/mol. The summed E-state index contributed by atoms with van der Waals surface area (Å²) in [6, 6.07) is 28.2. The molecule has 0 unspecified atom stereocenters. The summed E-state index contributed by atoms with van der Waals surface area (Å²) in [5, 5.41) is 24.9. The average molecular weight is 513 g/mol. The van der Waals surface area contributed by atoms with E-state index in [0.717, 1.165) is 35.7 Å². The molecule has 8 nitrogen and oxygen atoms in total. The van der Waals surface area contributed by atoms with Crippen LogP contribution in [0, 0.1) is 0 Å². The number of carbonyl (C=O) groups is 2. The van der Waals surface area contributed by atoms with Crippen LogP contribution in [-0.2, 0) is 0 Å². The summed E-state index contributed by atoms with van der Waals surface area (Å²) in [7, 11) is 0. The van der Waals surface area contributed by atoms with Crippen LogP contribution in [0.4, 0.5) is 22.7 Å². The van der Waals surface area contributed by atoms with Gasteiger partial charge >= 0.3 is 11.9 Å². The van der Waals surface area contributed by atoms with E-state index in [4.69, 9.17) is 9.47 Å². The highest BCUT2D eigenvalue weighted by molar-refractivity contribution is 5.95. The summed E-state index contributed by atoms with van der Waals surface area (Å²) < 4.78 is 11.6. The van der Waals surface area contributed by atoms with Crippen molar-refractivity contribution < 1.29 is 29.3 Å². The number of para-hydroxylation sites is 2. The molecule has 0 saturated heterocycles. The van der Waals surface area contributed by atoms with Crippen molar-refractivity contribution in [2.45, 2.75) is 12.8 Å². The van der Waals surface area contributed by atoms with Gasteiger partial charge in [0.1, 0.15) is 11.5 Å². The van der Waals surface area contributed by atoms with Crippen LogP contribution in [0.5, 0.6) is 11.5 Å². The average Bonchev–Trinajstić information content (AvgIpc) is 2.93. The first-order chi connectivity index (χ1) is 18.5. The Morgan fingerprint density at radius 3 is 1.29 bits per heavy atom. The van der Waals surface area contributed by atoms with Gasteiger partial charge in [0.05, 0.1) is 35.7 Å². The van der Waals surface area contributed by atoms with Gasteiger partial charge in [-0.1, -0.05) is 24.3 Å². The lowest BCUT2D eigenvalue weighted by Gasteiger charge is -2.12. The van der Waals surface area contributed by atoms with Gasteiger partial charge in [-0.3, -0.25) is 0 Å². The van der Waals surface area contributed by atoms with Gasteiger partial charge < -0.3 is 30.3 Å². The largest absolute Gasteiger partial charge is 0.494 e. The first kappa shape index (κ1) is 26.1. The highest BCUT2D eigenvalue weighted by Crippen LogP contribution is 2.24. The summed E-state index contributed by atoms with van der Waals surface area (Å²) in [6.45, 7) is 1.09. The van der Waals surface area contributed by atoms with Crippen LogP contribution in [0.2, 0.25) is 0 Å². The third kappa shape index (κ3) is 7.27. The minimum absolute atomic E-state index is 0.212. The summed E-state index contributed by atoms with van der Waals surface area (Å²) in [4.78, 5) is 22.7. The van der Waals surface area contributed by atoms with Gasteiger partial charge in [0.25, 0.3) is 0 Å². The number of ether oxygens (including phenoxy) is 2. The Morgan fingerprint density at radius 2 is 0.921 bits per heavy atom. The number of carboxylic acid groups (broad SMARTS) is 2. The molecule has 4 aromatic carbocycles. The Morgan fingerprint density at radius 1 is 0.553 bits per heavy atom. The van der Waals surface area contributed by atoms with Crippen LogP contribution < -0.4 is 20.1 Å². The molecule has 4 rings (SSSR count). The maximum atomic E-state index is 11.4. The lowest BCUT2D eigenvalue weighted by atomic mass is 10.1. The van der Waals surface area contributed by atoms with E-state index in [-0.39, 0.29) is 11.1 Å². The van der Waals surface area contributed by atoms with Gasteiger partial charge in [-0.25, -0.2) is 9.59 Å². The van der Waals surface area contributed by atoms with Crippen LogP contribution in [0.25, 0.3) is 0 Å². The molecule has 0 aromatic heterocycles. The second-order valence-electron chi connectivity index (χ2n) is 8.40. The molecular formula is C30H28N2O6. The number of rotatable bonds is 13. The van der Waals surface area contributed by atoms with Crippen molar-refractivity contribution in [3.8, 4) is 11.5 Å². The maximum absolute atomic E-state index is 11.4. The third-order valence-corrected chi connectivity index (χ3v) is 5.66. The fourth-order valence-corrected chi connectivity index (χ4v) is 3.72. The third-order valence-electron chi connectivity index (χ3n) is 5.66. The molecule has 194 valence electrons. The summed E-state index contributed by atoms with van der Waals surface area (Å²) in [5.74, 6) is -0.499. The SMILES string of the molecule is O=C(O)c1ccccc1Nc1ccc(OCCCCOc2ccc(Nc3ccccc3C(=O)O)cc2)cc1. The van der Waals surface area contributed by atoms with Crippen molar-refractivity contribution in [3.05, 3.63) is 108 Å². The van der Waals surface area contributed by atoms with Gasteiger partial charge in [-0.15, -0.1) is 0 Å². The number of hydrogen-bond donors (Lipinski definition) is 4. The molecule has 0 radical (unpaired) electrons. The zero-order chi connectivity index (χ0) is 26.7. The van der Waals surface area contributed by atoms with Crippen molar-refractivity contribution in [1.29, 1.82) is 0 Å². The maximum Gasteiger partial charge on any atom is 0.337 e. The van der Waals surface area contributed by atoms with E-state index in [9.17, 15) is 19.8 Å². The number of hydrogen-bond acceptors (Lipinski definition) is 6. The fourth-order valence-electron chi connectivity index (χ4n) is 3.72. The summed E-state index contributed by atoms with van der Waals surface area (Å²) in [5.41, 5.74) is 3.03. The first-order valence-corrected chi connectivity index (χ1v) is 12.1. The predicted molar refractivity (Wildman–Crippen MR) is 146 cm³/mol. The molecule has 8 heteroatoms. The van der Waals surface area contributed by atoms with Gasteiger partial charge in [0.15, 0.2) is 0 Å². The zero-order valence-electron chi connectivity index (χ0n) is 20.6. The van der Waals surface area contributed by atoms with Crippen molar-refractivity contribution in [2.24, 2.45) is 0 Å². The number of unbranched alkanes of at least 4 members (excludes halogenated alkanes) is 1. The van der Waals surface area contributed by atoms with Crippen molar-refractivity contribution in [3.63, 3.8) is 0 Å². The second-order valence-corrected chi connectivity index (χ2v) is 8.40. The lowest BCUT2D eigenvalue weighted by Crippen LogP contribution is -2.03. The molecule has 0 bridgehead atoms. The molecule has 0 spiro atoms.